The Morgan fingerprint density at radius 1 is 1.16 bits per heavy atom. The fourth-order valence-electron chi connectivity index (χ4n) is 1.94. The van der Waals surface area contributed by atoms with Gasteiger partial charge < -0.3 is 5.32 Å². The number of carbonyl (C=O) groups excluding carboxylic acids is 1. The van der Waals surface area contributed by atoms with E-state index in [2.05, 4.69) is 15.0 Å². The van der Waals surface area contributed by atoms with Crippen LogP contribution in [-0.2, 0) is 10.0 Å². The summed E-state index contributed by atoms with van der Waals surface area (Å²) in [6.45, 7) is 0. The Balaban J connectivity index is 1.74. The van der Waals surface area contributed by atoms with Crippen LogP contribution in [0.1, 0.15) is 10.5 Å². The highest BCUT2D eigenvalue weighted by atomic mass is 32.2. The molecule has 0 saturated heterocycles. The van der Waals surface area contributed by atoms with Crippen molar-refractivity contribution in [3.05, 3.63) is 52.9 Å². The molecule has 0 atom stereocenters. The van der Waals surface area contributed by atoms with Crippen molar-refractivity contribution in [2.45, 2.75) is 9.10 Å². The van der Waals surface area contributed by atoms with Gasteiger partial charge in [-0.15, -0.1) is 34.4 Å². The van der Waals surface area contributed by atoms with E-state index in [4.69, 9.17) is 0 Å². The summed E-state index contributed by atoms with van der Waals surface area (Å²) in [6.07, 6.45) is 1.92. The molecule has 0 spiro atoms. The van der Waals surface area contributed by atoms with E-state index in [9.17, 15) is 13.2 Å². The highest BCUT2D eigenvalue weighted by molar-refractivity contribution is 7.98. The molecule has 2 heterocycles. The number of thiophene rings is 1. The highest BCUT2D eigenvalue weighted by Crippen LogP contribution is 2.26. The molecule has 0 radical (unpaired) electrons. The van der Waals surface area contributed by atoms with Gasteiger partial charge in [-0.05, 0) is 29.8 Å². The third kappa shape index (κ3) is 4.21. The highest BCUT2D eigenvalue weighted by Gasteiger charge is 2.19. The van der Waals surface area contributed by atoms with E-state index in [1.807, 2.05) is 24.5 Å². The minimum absolute atomic E-state index is 0.150. The minimum atomic E-state index is -3.67. The molecule has 0 saturated carbocycles. The zero-order valence-corrected chi connectivity index (χ0v) is 16.2. The summed E-state index contributed by atoms with van der Waals surface area (Å²) in [4.78, 5) is 17.3. The Labute approximate surface area is 157 Å². The number of hydrogen-bond acceptors (Lipinski definition) is 7. The lowest BCUT2D eigenvalue weighted by atomic mass is 10.3. The predicted molar refractivity (Wildman–Crippen MR) is 103 cm³/mol. The zero-order valence-electron chi connectivity index (χ0n) is 12.9. The Bertz CT molecular complexity index is 981. The summed E-state index contributed by atoms with van der Waals surface area (Å²) in [7, 11) is -3.67. The molecule has 1 aromatic carbocycles. The molecule has 6 nitrogen and oxygen atoms in total. The van der Waals surface area contributed by atoms with E-state index in [1.165, 1.54) is 23.2 Å². The van der Waals surface area contributed by atoms with Crippen molar-refractivity contribution >= 4 is 61.2 Å². The standard InChI is InChI=1S/C15H13N3O3S4/c1-22-12-6-3-2-5-10(12)16-14(19)11-9-24-15(17-11)18-25(20,21)13-7-4-8-23-13/h2-9H,1H3,(H,16,19)(H,17,18). The van der Waals surface area contributed by atoms with Crippen LogP contribution in [-0.4, -0.2) is 25.6 Å². The third-order valence-corrected chi connectivity index (χ3v) is 7.49. The van der Waals surface area contributed by atoms with Crippen molar-refractivity contribution in [3.8, 4) is 0 Å². The predicted octanol–water partition coefficient (Wildman–Crippen LogP) is 3.98. The summed E-state index contributed by atoms with van der Waals surface area (Å²) in [5.41, 5.74) is 0.846. The van der Waals surface area contributed by atoms with Gasteiger partial charge in [-0.25, -0.2) is 13.4 Å². The molecule has 0 fully saturated rings. The van der Waals surface area contributed by atoms with Crippen molar-refractivity contribution in [2.75, 3.05) is 16.3 Å². The van der Waals surface area contributed by atoms with Gasteiger partial charge in [0.1, 0.15) is 9.90 Å². The number of aromatic nitrogens is 1. The fraction of sp³-hybridized carbons (Fsp3) is 0.0667. The smallest absolute Gasteiger partial charge is 0.275 e. The molecule has 130 valence electrons. The number of nitrogens with one attached hydrogen (secondary N) is 2. The van der Waals surface area contributed by atoms with Gasteiger partial charge in [0.15, 0.2) is 5.13 Å². The van der Waals surface area contributed by atoms with Crippen LogP contribution in [0, 0.1) is 0 Å². The molecule has 1 amide bonds. The van der Waals surface area contributed by atoms with Gasteiger partial charge in [-0.1, -0.05) is 18.2 Å². The van der Waals surface area contributed by atoms with Gasteiger partial charge in [0.05, 0.1) is 5.69 Å². The van der Waals surface area contributed by atoms with E-state index in [-0.39, 0.29) is 20.9 Å². The average molecular weight is 412 g/mol. The second-order valence-corrected chi connectivity index (χ2v) is 9.29. The first kappa shape index (κ1) is 17.9. The number of nitrogens with zero attached hydrogens (tertiary/aromatic N) is 1. The van der Waals surface area contributed by atoms with Gasteiger partial charge >= 0.3 is 0 Å². The van der Waals surface area contributed by atoms with E-state index < -0.39 is 10.0 Å². The molecule has 0 unspecified atom stereocenters. The second kappa shape index (κ2) is 7.56. The largest absolute Gasteiger partial charge is 0.320 e. The number of thioether (sulfide) groups is 1. The van der Waals surface area contributed by atoms with Crippen LogP contribution < -0.4 is 10.0 Å². The first-order chi connectivity index (χ1) is 12.0. The van der Waals surface area contributed by atoms with Crippen molar-refractivity contribution in [1.29, 1.82) is 0 Å². The topological polar surface area (TPSA) is 88.2 Å². The number of para-hydroxylation sites is 1. The van der Waals surface area contributed by atoms with Crippen LogP contribution in [0.2, 0.25) is 0 Å². The van der Waals surface area contributed by atoms with Crippen molar-refractivity contribution in [3.63, 3.8) is 0 Å². The molecule has 25 heavy (non-hydrogen) atoms. The second-order valence-electron chi connectivity index (χ2n) is 4.73. The first-order valence-electron chi connectivity index (χ1n) is 6.96. The summed E-state index contributed by atoms with van der Waals surface area (Å²) >= 11 is 3.69. The number of anilines is 2. The monoisotopic (exact) mass is 411 g/mol. The lowest BCUT2D eigenvalue weighted by molar-refractivity contribution is 0.102. The normalized spacial score (nSPS) is 11.2. The molecular formula is C15H13N3O3S4. The Morgan fingerprint density at radius 3 is 2.68 bits per heavy atom. The number of hydrogen-bond donors (Lipinski definition) is 2. The van der Waals surface area contributed by atoms with Gasteiger partial charge in [0.25, 0.3) is 15.9 Å². The zero-order chi connectivity index (χ0) is 17.9. The Hall–Kier alpha value is -1.88. The summed E-state index contributed by atoms with van der Waals surface area (Å²) in [5.74, 6) is -0.390. The maximum atomic E-state index is 12.3. The Kier molecular flexibility index (Phi) is 5.42. The van der Waals surface area contributed by atoms with E-state index >= 15 is 0 Å². The van der Waals surface area contributed by atoms with E-state index in [0.29, 0.717) is 5.69 Å². The van der Waals surface area contributed by atoms with Crippen molar-refractivity contribution < 1.29 is 13.2 Å². The van der Waals surface area contributed by atoms with Crippen LogP contribution in [0.25, 0.3) is 0 Å². The lowest BCUT2D eigenvalue weighted by Crippen LogP contribution is -2.14. The molecule has 0 aliphatic carbocycles. The van der Waals surface area contributed by atoms with Crippen LogP contribution in [0.15, 0.2) is 56.3 Å². The minimum Gasteiger partial charge on any atom is -0.320 e. The lowest BCUT2D eigenvalue weighted by Gasteiger charge is -2.07. The average Bonchev–Trinajstić information content (AvgIpc) is 3.27. The third-order valence-electron chi connectivity index (χ3n) is 3.07. The number of sulfonamides is 1. The van der Waals surface area contributed by atoms with Gasteiger partial charge in [-0.2, -0.15) is 0 Å². The number of carbonyl (C=O) groups is 1. The first-order valence-corrected chi connectivity index (χ1v) is 11.4. The summed E-state index contributed by atoms with van der Waals surface area (Å²) in [6, 6.07) is 10.6. The maximum absolute atomic E-state index is 12.3. The van der Waals surface area contributed by atoms with Crippen molar-refractivity contribution in [2.24, 2.45) is 0 Å². The van der Waals surface area contributed by atoms with E-state index in [0.717, 1.165) is 27.6 Å². The van der Waals surface area contributed by atoms with Gasteiger partial charge in [0, 0.05) is 10.3 Å². The van der Waals surface area contributed by atoms with Crippen molar-refractivity contribution in [1.82, 2.24) is 4.98 Å². The quantitative estimate of drug-likeness (QED) is 0.599. The fourth-order valence-corrected chi connectivity index (χ4v) is 5.43. The number of amides is 1. The molecule has 0 aliphatic rings. The molecule has 3 aromatic rings. The maximum Gasteiger partial charge on any atom is 0.275 e. The van der Waals surface area contributed by atoms with Gasteiger partial charge in [0.2, 0.25) is 0 Å². The molecule has 10 heteroatoms. The number of thiazole rings is 1. The Morgan fingerprint density at radius 2 is 1.96 bits per heavy atom. The molecule has 0 bridgehead atoms. The summed E-state index contributed by atoms with van der Waals surface area (Å²) in [5, 5.41) is 6.14. The molecule has 2 aromatic heterocycles. The SMILES string of the molecule is CSc1ccccc1NC(=O)c1csc(NS(=O)(=O)c2cccs2)n1. The van der Waals surface area contributed by atoms with Crippen LogP contribution in [0.3, 0.4) is 0 Å². The molecule has 0 aliphatic heterocycles. The van der Waals surface area contributed by atoms with Crippen LogP contribution >= 0.6 is 34.4 Å². The van der Waals surface area contributed by atoms with Gasteiger partial charge in [-0.3, -0.25) is 9.52 Å². The summed E-state index contributed by atoms with van der Waals surface area (Å²) < 4.78 is 26.9. The number of rotatable bonds is 6. The van der Waals surface area contributed by atoms with Crippen LogP contribution in [0.4, 0.5) is 10.8 Å². The van der Waals surface area contributed by atoms with E-state index in [1.54, 1.807) is 17.5 Å². The number of benzene rings is 1. The molecular weight excluding hydrogens is 398 g/mol. The van der Waals surface area contributed by atoms with Crippen LogP contribution in [0.5, 0.6) is 0 Å². The molecule has 2 N–H and O–H groups in total. The molecule has 3 rings (SSSR count).